The van der Waals surface area contributed by atoms with Gasteiger partial charge in [0.1, 0.15) is 23.0 Å². The van der Waals surface area contributed by atoms with E-state index in [2.05, 4.69) is 15.0 Å². The molecule has 1 atom stereocenters. The van der Waals surface area contributed by atoms with E-state index in [0.29, 0.717) is 18.0 Å². The van der Waals surface area contributed by atoms with Crippen LogP contribution in [0.1, 0.15) is 84.4 Å². The van der Waals surface area contributed by atoms with Crippen molar-refractivity contribution in [3.63, 3.8) is 0 Å². The lowest BCUT2D eigenvalue weighted by Gasteiger charge is -2.27. The summed E-state index contributed by atoms with van der Waals surface area (Å²) < 4.78 is 12.2. The summed E-state index contributed by atoms with van der Waals surface area (Å²) in [6.07, 6.45) is 5.17. The number of oxazole rings is 1. The molecule has 1 aliphatic heterocycles. The third kappa shape index (κ3) is 3.45. The topological polar surface area (TPSA) is 108 Å². The molecule has 3 aromatic heterocycles. The number of nitrogens with zero attached hydrogens (tertiary/aromatic N) is 3. The minimum atomic E-state index is -1.27. The highest BCUT2D eigenvalue weighted by atomic mass is 16.4. The number of fused-ring (bicyclic) bond motifs is 2. The highest BCUT2D eigenvalue weighted by Crippen LogP contribution is 2.44. The number of nitrogens with one attached hydrogen (secondary N) is 1. The van der Waals surface area contributed by atoms with E-state index >= 15 is 0 Å². The molecule has 1 saturated carbocycles. The van der Waals surface area contributed by atoms with Gasteiger partial charge in [0.05, 0.1) is 17.7 Å². The highest BCUT2D eigenvalue weighted by Gasteiger charge is 2.41. The molecule has 33 heavy (non-hydrogen) atoms. The van der Waals surface area contributed by atoms with Gasteiger partial charge in [0.2, 0.25) is 11.7 Å². The van der Waals surface area contributed by atoms with Crippen molar-refractivity contribution >= 4 is 16.9 Å². The molecule has 1 aliphatic carbocycles. The van der Waals surface area contributed by atoms with Crippen molar-refractivity contribution in [2.75, 3.05) is 6.54 Å². The summed E-state index contributed by atoms with van der Waals surface area (Å²) in [5.74, 6) is 0.996. The fraction of sp³-hybridized carbons (Fsp3) is 0.400. The summed E-state index contributed by atoms with van der Waals surface area (Å²) >= 11 is 0. The summed E-state index contributed by atoms with van der Waals surface area (Å²) in [7, 11) is 0. The zero-order valence-corrected chi connectivity index (χ0v) is 18.7. The van der Waals surface area contributed by atoms with Gasteiger partial charge in [-0.3, -0.25) is 4.79 Å². The molecule has 0 saturated heterocycles. The molecule has 8 nitrogen and oxygen atoms in total. The fourth-order valence-electron chi connectivity index (χ4n) is 4.63. The van der Waals surface area contributed by atoms with Gasteiger partial charge in [-0.1, -0.05) is 18.2 Å². The molecular weight excluding hydrogens is 420 g/mol. The number of carbonyl (C=O) groups is 1. The predicted molar refractivity (Wildman–Crippen MR) is 120 cm³/mol. The van der Waals surface area contributed by atoms with Crippen molar-refractivity contribution in [2.24, 2.45) is 0 Å². The van der Waals surface area contributed by atoms with Crippen LogP contribution in [0.4, 0.5) is 0 Å². The van der Waals surface area contributed by atoms with E-state index < -0.39 is 11.6 Å². The second kappa shape index (κ2) is 7.31. The maximum absolute atomic E-state index is 14.0. The minimum absolute atomic E-state index is 0.170. The molecule has 0 unspecified atom stereocenters. The van der Waals surface area contributed by atoms with E-state index in [1.807, 2.05) is 30.3 Å². The zero-order chi connectivity index (χ0) is 22.7. The number of amides is 1. The lowest BCUT2D eigenvalue weighted by molar-refractivity contribution is 0.0441. The van der Waals surface area contributed by atoms with Gasteiger partial charge in [0.25, 0.3) is 5.91 Å². The van der Waals surface area contributed by atoms with Crippen molar-refractivity contribution in [3.05, 3.63) is 71.2 Å². The molecule has 6 rings (SSSR count). The van der Waals surface area contributed by atoms with Crippen LogP contribution in [0, 0.1) is 0 Å². The first-order valence-electron chi connectivity index (χ1n) is 11.5. The summed E-state index contributed by atoms with van der Waals surface area (Å²) in [5, 5.41) is 11.4. The summed E-state index contributed by atoms with van der Waals surface area (Å²) in [4.78, 5) is 28.2. The van der Waals surface area contributed by atoms with Gasteiger partial charge in [-0.25, -0.2) is 9.97 Å². The summed E-state index contributed by atoms with van der Waals surface area (Å²) in [5.41, 5.74) is 1.94. The van der Waals surface area contributed by atoms with Crippen LogP contribution in [0.3, 0.4) is 0 Å². The molecule has 2 N–H and O–H groups in total. The smallest absolute Gasteiger partial charge is 0.292 e. The second-order valence-electron chi connectivity index (χ2n) is 9.52. The largest absolute Gasteiger partial charge is 0.458 e. The standard InChI is InChI=1S/C25H26N4O4/c1-25(2,31)24-28-19(14-9-10-14)22(33-24)23(30)29-11-5-7-16-20(27-13-26-16)21(29)18-12-15-6-3-4-8-17(15)32-18/h3-4,6,8,12-14,21,31H,5,7,9-11H2,1-2H3,(H,26,27)/t21-/m1/s1. The van der Waals surface area contributed by atoms with Gasteiger partial charge in [-0.2, -0.15) is 0 Å². The zero-order valence-electron chi connectivity index (χ0n) is 18.7. The Labute approximate surface area is 190 Å². The number of para-hydroxylation sites is 1. The van der Waals surface area contributed by atoms with Crippen LogP contribution in [0.5, 0.6) is 0 Å². The first-order valence-corrected chi connectivity index (χ1v) is 11.5. The summed E-state index contributed by atoms with van der Waals surface area (Å²) in [6, 6.07) is 9.30. The van der Waals surface area contributed by atoms with Crippen LogP contribution >= 0.6 is 0 Å². The monoisotopic (exact) mass is 446 g/mol. The molecule has 1 aromatic carbocycles. The van der Waals surface area contributed by atoms with Crippen LogP contribution in [0.15, 0.2) is 45.5 Å². The first-order chi connectivity index (χ1) is 15.9. The van der Waals surface area contributed by atoms with Crippen molar-refractivity contribution in [1.82, 2.24) is 19.9 Å². The van der Waals surface area contributed by atoms with Gasteiger partial charge >= 0.3 is 0 Å². The molecule has 1 fully saturated rings. The SMILES string of the molecule is CC(C)(O)c1nc(C2CC2)c(C(=O)N2CCCc3[nH]cnc3[C@H]2c2cc3ccccc3o2)o1. The Morgan fingerprint density at radius 2 is 2.03 bits per heavy atom. The van der Waals surface area contributed by atoms with Crippen LogP contribution in [0.25, 0.3) is 11.0 Å². The quantitative estimate of drug-likeness (QED) is 0.480. The third-order valence-electron chi connectivity index (χ3n) is 6.46. The number of hydrogen-bond acceptors (Lipinski definition) is 6. The minimum Gasteiger partial charge on any atom is -0.458 e. The van der Waals surface area contributed by atoms with Crippen LogP contribution in [0.2, 0.25) is 0 Å². The number of aromatic amines is 1. The Kier molecular flexibility index (Phi) is 4.48. The highest BCUT2D eigenvalue weighted by molar-refractivity contribution is 5.93. The van der Waals surface area contributed by atoms with Gasteiger partial charge in [0, 0.05) is 23.5 Å². The molecule has 0 radical (unpaired) electrons. The van der Waals surface area contributed by atoms with Crippen molar-refractivity contribution in [3.8, 4) is 0 Å². The van der Waals surface area contributed by atoms with Gasteiger partial charge in [-0.15, -0.1) is 0 Å². The molecular formula is C25H26N4O4. The average molecular weight is 447 g/mol. The van der Waals surface area contributed by atoms with Crippen molar-refractivity contribution in [2.45, 2.75) is 57.1 Å². The Morgan fingerprint density at radius 3 is 2.79 bits per heavy atom. The summed E-state index contributed by atoms with van der Waals surface area (Å²) in [6.45, 7) is 3.75. The molecule has 1 amide bonds. The number of H-pyrrole nitrogens is 1. The predicted octanol–water partition coefficient (Wildman–Crippen LogP) is 4.43. The number of benzene rings is 1. The van der Waals surface area contributed by atoms with E-state index in [0.717, 1.165) is 48.0 Å². The number of aliphatic hydroxyl groups is 1. The lowest BCUT2D eigenvalue weighted by Crippen LogP contribution is -2.36. The second-order valence-corrected chi connectivity index (χ2v) is 9.52. The van der Waals surface area contributed by atoms with Gasteiger partial charge in [-0.05, 0) is 51.7 Å². The maximum atomic E-state index is 14.0. The average Bonchev–Trinajstić information content (AvgIpc) is 3.20. The van der Waals surface area contributed by atoms with Crippen molar-refractivity contribution in [1.29, 1.82) is 0 Å². The number of aromatic nitrogens is 3. The molecule has 0 spiro atoms. The Bertz CT molecular complexity index is 1300. The van der Waals surface area contributed by atoms with Crippen LogP contribution < -0.4 is 0 Å². The molecule has 0 bridgehead atoms. The van der Waals surface area contributed by atoms with Crippen LogP contribution in [-0.4, -0.2) is 37.4 Å². The van der Waals surface area contributed by atoms with E-state index in [9.17, 15) is 9.90 Å². The normalized spacial score (nSPS) is 19.0. The van der Waals surface area contributed by atoms with E-state index in [1.54, 1.807) is 25.1 Å². The molecule has 4 aromatic rings. The van der Waals surface area contributed by atoms with Crippen LogP contribution in [-0.2, 0) is 12.0 Å². The first kappa shape index (κ1) is 20.2. The number of carbonyl (C=O) groups excluding carboxylic acids is 1. The molecule has 4 heterocycles. The number of rotatable bonds is 4. The fourth-order valence-corrected chi connectivity index (χ4v) is 4.63. The maximum Gasteiger partial charge on any atom is 0.292 e. The third-order valence-corrected chi connectivity index (χ3v) is 6.46. The number of furan rings is 1. The van der Waals surface area contributed by atoms with Crippen molar-refractivity contribution < 1.29 is 18.7 Å². The van der Waals surface area contributed by atoms with Gasteiger partial charge < -0.3 is 23.8 Å². The van der Waals surface area contributed by atoms with E-state index in [1.165, 1.54) is 0 Å². The van der Waals surface area contributed by atoms with E-state index in [-0.39, 0.29) is 23.5 Å². The number of aryl methyl sites for hydroxylation is 1. The van der Waals surface area contributed by atoms with E-state index in [4.69, 9.17) is 8.83 Å². The molecule has 170 valence electrons. The Hall–Kier alpha value is -3.39. The molecule has 2 aliphatic rings. The van der Waals surface area contributed by atoms with Gasteiger partial charge in [0.15, 0.2) is 0 Å². The Balaban J connectivity index is 1.47. The Morgan fingerprint density at radius 1 is 1.21 bits per heavy atom. The molecule has 8 heteroatoms. The number of hydrogen-bond donors (Lipinski definition) is 2. The lowest BCUT2D eigenvalue weighted by atomic mass is 10.1. The number of imidazole rings is 1.